The maximum atomic E-state index is 13.4. The van der Waals surface area contributed by atoms with Gasteiger partial charge in [0.2, 0.25) is 0 Å². The monoisotopic (exact) mass is 257 g/mol. The number of thioether (sulfide) groups is 1. The van der Waals surface area contributed by atoms with E-state index < -0.39 is 0 Å². The second kappa shape index (κ2) is 7.69. The van der Waals surface area contributed by atoms with E-state index in [0.29, 0.717) is 10.8 Å². The van der Waals surface area contributed by atoms with Gasteiger partial charge in [-0.15, -0.1) is 11.8 Å². The Morgan fingerprint density at radius 1 is 1.41 bits per heavy atom. The maximum absolute atomic E-state index is 13.4. The minimum absolute atomic E-state index is 0.0646. The van der Waals surface area contributed by atoms with Crippen molar-refractivity contribution < 1.29 is 9.13 Å². The van der Waals surface area contributed by atoms with Crippen molar-refractivity contribution in [3.05, 3.63) is 30.1 Å². The van der Waals surface area contributed by atoms with E-state index >= 15 is 0 Å². The first-order valence-corrected chi connectivity index (χ1v) is 6.75. The van der Waals surface area contributed by atoms with Crippen LogP contribution in [0.3, 0.4) is 0 Å². The molecule has 0 bridgehead atoms. The fourth-order valence-corrected chi connectivity index (χ4v) is 2.51. The lowest BCUT2D eigenvalue weighted by Crippen LogP contribution is -2.31. The highest BCUT2D eigenvalue weighted by molar-refractivity contribution is 7.99. The minimum atomic E-state index is -0.172. The molecule has 0 spiro atoms. The summed E-state index contributed by atoms with van der Waals surface area (Å²) in [6, 6.07) is 6.86. The Bertz CT molecular complexity index is 335. The maximum Gasteiger partial charge on any atom is 0.136 e. The Morgan fingerprint density at radius 3 is 2.76 bits per heavy atom. The van der Waals surface area contributed by atoms with E-state index in [1.165, 1.54) is 17.8 Å². The zero-order valence-corrected chi connectivity index (χ0v) is 11.2. The molecule has 0 saturated heterocycles. The Hall–Kier alpha value is -0.580. The summed E-state index contributed by atoms with van der Waals surface area (Å²) in [7, 11) is 1.69. The molecule has 1 aromatic carbocycles. The van der Waals surface area contributed by atoms with E-state index in [1.807, 2.05) is 6.07 Å². The third-order valence-electron chi connectivity index (χ3n) is 2.78. The van der Waals surface area contributed by atoms with Crippen molar-refractivity contribution in [2.75, 3.05) is 19.5 Å². The van der Waals surface area contributed by atoms with Crippen molar-refractivity contribution in [3.8, 4) is 0 Å². The third kappa shape index (κ3) is 5.06. The molecule has 0 fully saturated rings. The molecular formula is C13H20FNOS. The van der Waals surface area contributed by atoms with Gasteiger partial charge in [-0.1, -0.05) is 19.1 Å². The van der Waals surface area contributed by atoms with Crippen molar-refractivity contribution in [3.63, 3.8) is 0 Å². The molecule has 4 heteroatoms. The summed E-state index contributed by atoms with van der Waals surface area (Å²) in [5.41, 5.74) is 6.06. The molecule has 17 heavy (non-hydrogen) atoms. The van der Waals surface area contributed by atoms with E-state index in [4.69, 9.17) is 10.5 Å². The van der Waals surface area contributed by atoms with Gasteiger partial charge in [-0.25, -0.2) is 4.39 Å². The van der Waals surface area contributed by atoms with E-state index in [9.17, 15) is 4.39 Å². The molecule has 0 aliphatic heterocycles. The second-order valence-corrected chi connectivity index (χ2v) is 5.23. The van der Waals surface area contributed by atoms with E-state index in [0.717, 1.165) is 18.8 Å². The van der Waals surface area contributed by atoms with Gasteiger partial charge in [0.05, 0.1) is 0 Å². The quantitative estimate of drug-likeness (QED) is 0.763. The molecule has 2 unspecified atom stereocenters. The van der Waals surface area contributed by atoms with Gasteiger partial charge >= 0.3 is 0 Å². The lowest BCUT2D eigenvalue weighted by molar-refractivity contribution is 0.176. The lowest BCUT2D eigenvalue weighted by Gasteiger charge is -2.19. The number of ether oxygens (including phenoxy) is 1. The smallest absolute Gasteiger partial charge is 0.136 e. The van der Waals surface area contributed by atoms with Crippen LogP contribution in [0.25, 0.3) is 0 Å². The number of nitrogens with two attached hydrogens (primary N) is 1. The summed E-state index contributed by atoms with van der Waals surface area (Å²) >= 11 is 1.48. The van der Waals surface area contributed by atoms with Gasteiger partial charge < -0.3 is 10.5 Å². The largest absolute Gasteiger partial charge is 0.385 e. The minimum Gasteiger partial charge on any atom is -0.385 e. The molecule has 0 heterocycles. The standard InChI is InChI=1S/C13H20FNOS/c1-10(7-8-16-2)12(15)9-17-13-6-4-3-5-11(13)14/h3-6,10,12H,7-9,15H2,1-2H3. The first-order chi connectivity index (χ1) is 8.15. The third-order valence-corrected chi connectivity index (χ3v) is 3.97. The topological polar surface area (TPSA) is 35.2 Å². The lowest BCUT2D eigenvalue weighted by atomic mass is 10.0. The van der Waals surface area contributed by atoms with Gasteiger partial charge in [0.1, 0.15) is 5.82 Å². The van der Waals surface area contributed by atoms with Crippen LogP contribution in [0.5, 0.6) is 0 Å². The number of hydrogen-bond donors (Lipinski definition) is 1. The molecule has 0 amide bonds. The van der Waals surface area contributed by atoms with Crippen LogP contribution < -0.4 is 5.73 Å². The highest BCUT2D eigenvalue weighted by Crippen LogP contribution is 2.23. The van der Waals surface area contributed by atoms with E-state index in [1.54, 1.807) is 19.2 Å². The molecule has 96 valence electrons. The molecule has 0 aliphatic rings. The molecule has 2 atom stereocenters. The average Bonchev–Trinajstić information content (AvgIpc) is 2.34. The number of methoxy groups -OCH3 is 1. The average molecular weight is 257 g/mol. The molecular weight excluding hydrogens is 237 g/mol. The van der Waals surface area contributed by atoms with Crippen molar-refractivity contribution >= 4 is 11.8 Å². The molecule has 0 aromatic heterocycles. The Morgan fingerprint density at radius 2 is 2.12 bits per heavy atom. The highest BCUT2D eigenvalue weighted by Gasteiger charge is 2.13. The fourth-order valence-electron chi connectivity index (χ4n) is 1.43. The van der Waals surface area contributed by atoms with Gasteiger partial charge in [0.25, 0.3) is 0 Å². The van der Waals surface area contributed by atoms with Crippen molar-refractivity contribution in [1.29, 1.82) is 0 Å². The van der Waals surface area contributed by atoms with Crippen LogP contribution in [0.4, 0.5) is 4.39 Å². The van der Waals surface area contributed by atoms with E-state index in [2.05, 4.69) is 6.92 Å². The molecule has 0 saturated carbocycles. The Kier molecular flexibility index (Phi) is 6.55. The number of benzene rings is 1. The van der Waals surface area contributed by atoms with Crippen molar-refractivity contribution in [1.82, 2.24) is 0 Å². The van der Waals surface area contributed by atoms with Crippen LogP contribution in [-0.2, 0) is 4.74 Å². The van der Waals surface area contributed by atoms with Gasteiger partial charge in [0, 0.05) is 30.4 Å². The summed E-state index contributed by atoms with van der Waals surface area (Å²) in [6.07, 6.45) is 0.940. The number of hydrogen-bond acceptors (Lipinski definition) is 3. The van der Waals surface area contributed by atoms with Crippen LogP contribution in [0.2, 0.25) is 0 Å². The van der Waals surface area contributed by atoms with Gasteiger partial charge in [-0.3, -0.25) is 0 Å². The summed E-state index contributed by atoms with van der Waals surface area (Å²) in [5.74, 6) is 0.940. The van der Waals surface area contributed by atoms with Gasteiger partial charge in [0.15, 0.2) is 0 Å². The molecule has 0 radical (unpaired) electrons. The summed E-state index contributed by atoms with van der Waals surface area (Å²) in [5, 5.41) is 0. The van der Waals surface area contributed by atoms with Crippen molar-refractivity contribution in [2.45, 2.75) is 24.3 Å². The molecule has 1 aromatic rings. The highest BCUT2D eigenvalue weighted by atomic mass is 32.2. The molecule has 2 nitrogen and oxygen atoms in total. The van der Waals surface area contributed by atoms with Crippen LogP contribution in [0.1, 0.15) is 13.3 Å². The zero-order valence-electron chi connectivity index (χ0n) is 10.4. The molecule has 0 aliphatic carbocycles. The van der Waals surface area contributed by atoms with Crippen LogP contribution in [0, 0.1) is 11.7 Å². The predicted octanol–water partition coefficient (Wildman–Crippen LogP) is 2.92. The van der Waals surface area contributed by atoms with Gasteiger partial charge in [-0.05, 0) is 24.5 Å². The second-order valence-electron chi connectivity index (χ2n) is 4.16. The summed E-state index contributed by atoms with van der Waals surface area (Å²) in [4.78, 5) is 0.668. The van der Waals surface area contributed by atoms with Crippen molar-refractivity contribution in [2.24, 2.45) is 11.7 Å². The predicted molar refractivity (Wildman–Crippen MR) is 70.8 cm³/mol. The first kappa shape index (κ1) is 14.5. The number of rotatable bonds is 7. The van der Waals surface area contributed by atoms with Gasteiger partial charge in [-0.2, -0.15) is 0 Å². The zero-order chi connectivity index (χ0) is 12.7. The van der Waals surface area contributed by atoms with Crippen LogP contribution >= 0.6 is 11.8 Å². The van der Waals surface area contributed by atoms with Crippen LogP contribution in [-0.4, -0.2) is 25.5 Å². The van der Waals surface area contributed by atoms with Crippen LogP contribution in [0.15, 0.2) is 29.2 Å². The van der Waals surface area contributed by atoms with E-state index in [-0.39, 0.29) is 11.9 Å². The molecule has 1 rings (SSSR count). The SMILES string of the molecule is COCCC(C)C(N)CSc1ccccc1F. The first-order valence-electron chi connectivity index (χ1n) is 5.77. The normalized spacial score (nSPS) is 14.6. The fraction of sp³-hybridized carbons (Fsp3) is 0.538. The summed E-state index contributed by atoms with van der Waals surface area (Å²) < 4.78 is 18.4. The number of halogens is 1. The Balaban J connectivity index is 2.37. The Labute approximate surface area is 107 Å². The summed E-state index contributed by atoms with van der Waals surface area (Å²) in [6.45, 7) is 2.82. The molecule has 2 N–H and O–H groups in total.